The van der Waals surface area contributed by atoms with Crippen molar-refractivity contribution in [2.24, 2.45) is 0 Å². The largest absolute Gasteiger partial charge is 0.550 e. The first-order valence-electron chi connectivity index (χ1n) is 6.26. The van der Waals surface area contributed by atoms with Gasteiger partial charge in [-0.15, -0.1) is 0 Å². The van der Waals surface area contributed by atoms with Crippen LogP contribution in [0.25, 0.3) is 0 Å². The van der Waals surface area contributed by atoms with E-state index in [1.54, 1.807) is 0 Å². The van der Waals surface area contributed by atoms with Crippen LogP contribution in [0.3, 0.4) is 0 Å². The Morgan fingerprint density at radius 1 is 0.556 bits per heavy atom. The van der Waals surface area contributed by atoms with Crippen LogP contribution in [-0.2, 0) is 45.5 Å². The van der Waals surface area contributed by atoms with Crippen molar-refractivity contribution >= 4 is 35.8 Å². The topological polar surface area (TPSA) is 276 Å². The Hall–Kier alpha value is -2.75. The van der Waals surface area contributed by atoms with E-state index >= 15 is 0 Å². The van der Waals surface area contributed by atoms with Crippen molar-refractivity contribution in [3.05, 3.63) is 0 Å². The number of carbonyl (C=O) groups is 6. The number of hydrogen-bond donors (Lipinski definition) is 4. The van der Waals surface area contributed by atoms with Gasteiger partial charge in [-0.25, -0.2) is 9.59 Å². The zero-order valence-corrected chi connectivity index (χ0v) is 14.1. The minimum absolute atomic E-state index is 0. The van der Waals surface area contributed by atoms with Crippen LogP contribution in [0.5, 0.6) is 0 Å². The maximum absolute atomic E-state index is 10.3. The fourth-order valence-electron chi connectivity index (χ4n) is 1.38. The minimum Gasteiger partial charge on any atom is -0.550 e. The molecule has 0 fully saturated rings. The Labute approximate surface area is 159 Å². The Bertz CT molecular complexity index is 513. The molecule has 0 atom stereocenters. The zero-order valence-electron chi connectivity index (χ0n) is 13.0. The summed E-state index contributed by atoms with van der Waals surface area (Å²) >= 11 is 0. The van der Waals surface area contributed by atoms with Crippen LogP contribution in [0.2, 0.25) is 0 Å². The first kappa shape index (κ1) is 29.0. The summed E-state index contributed by atoms with van der Waals surface area (Å²) in [6.45, 7) is 0. The molecule has 0 aromatic rings. The Morgan fingerprint density at radius 3 is 0.778 bits per heavy atom. The molecular weight excluding hydrogens is 427 g/mol. The first-order valence-corrected chi connectivity index (χ1v) is 6.26. The standard InChI is InChI=1S/2C6H8O7.Co/c2*7-3(8)1-6(13,5(11)12)2-4(9)10;/h2*13H,1-2H2,(H,7,8)(H,9,10)(H,11,12);/p-4. The maximum atomic E-state index is 10.3. The summed E-state index contributed by atoms with van der Waals surface area (Å²) < 4.78 is 0. The second-order valence-corrected chi connectivity index (χ2v) is 4.87. The molecule has 0 amide bonds. The third kappa shape index (κ3) is 12.3. The third-order valence-corrected chi connectivity index (χ3v) is 2.54. The smallest absolute Gasteiger partial charge is 0.336 e. The van der Waals surface area contributed by atoms with Gasteiger partial charge in [-0.3, -0.25) is 0 Å². The number of carboxylic acids is 6. The molecule has 0 bridgehead atoms. The zero-order chi connectivity index (χ0) is 21.3. The van der Waals surface area contributed by atoms with E-state index in [9.17, 15) is 49.2 Å². The molecule has 0 unspecified atom stereocenters. The third-order valence-electron chi connectivity index (χ3n) is 2.54. The number of rotatable bonds is 10. The normalized spacial score (nSPS) is 10.4. The predicted molar refractivity (Wildman–Crippen MR) is 63.7 cm³/mol. The Morgan fingerprint density at radius 2 is 0.704 bits per heavy atom. The first-order chi connectivity index (χ1) is 11.6. The SMILES string of the molecule is O=C([O-])CC(O)(CC(=O)[O-])C(=O)O.O=C([O-])CC(O)(CC(=O)[O-])C(=O)O.[Co]. The van der Waals surface area contributed by atoms with Gasteiger partial charge in [0.15, 0.2) is 11.2 Å². The van der Waals surface area contributed by atoms with Crippen LogP contribution in [-0.4, -0.2) is 67.4 Å². The van der Waals surface area contributed by atoms with Gasteiger partial charge >= 0.3 is 11.9 Å². The molecule has 0 spiro atoms. The van der Waals surface area contributed by atoms with Crippen LogP contribution >= 0.6 is 0 Å². The van der Waals surface area contributed by atoms with Gasteiger partial charge in [0.05, 0.1) is 0 Å². The van der Waals surface area contributed by atoms with E-state index < -0.39 is 72.7 Å². The van der Waals surface area contributed by atoms with E-state index in [2.05, 4.69) is 0 Å². The number of aliphatic hydroxyl groups is 2. The molecule has 1 radical (unpaired) electrons. The van der Waals surface area contributed by atoms with Crippen molar-refractivity contribution in [1.29, 1.82) is 0 Å². The maximum Gasteiger partial charge on any atom is 0.336 e. The average molecular weight is 439 g/mol. The quantitative estimate of drug-likeness (QED) is 0.246. The van der Waals surface area contributed by atoms with Gasteiger partial charge < -0.3 is 60.0 Å². The molecular formula is C12H12CoO14-4. The molecule has 0 aromatic carbocycles. The predicted octanol–water partition coefficient (Wildman–Crippen LogP) is -7.84. The van der Waals surface area contributed by atoms with E-state index in [4.69, 9.17) is 20.4 Å². The van der Waals surface area contributed by atoms with Crippen LogP contribution < -0.4 is 20.4 Å². The molecule has 0 heterocycles. The van der Waals surface area contributed by atoms with Gasteiger partial charge in [-0.2, -0.15) is 0 Å². The molecule has 0 rings (SSSR count). The van der Waals surface area contributed by atoms with E-state index in [1.807, 2.05) is 0 Å². The van der Waals surface area contributed by atoms with Crippen molar-refractivity contribution in [3.63, 3.8) is 0 Å². The minimum atomic E-state index is -2.86. The molecule has 14 nitrogen and oxygen atoms in total. The molecule has 0 aliphatic heterocycles. The average Bonchev–Trinajstić information content (AvgIpc) is 2.34. The van der Waals surface area contributed by atoms with Gasteiger partial charge in [-0.1, -0.05) is 0 Å². The van der Waals surface area contributed by atoms with Gasteiger partial charge in [-0.05, 0) is 0 Å². The summed E-state index contributed by atoms with van der Waals surface area (Å²) in [4.78, 5) is 60.3. The fraction of sp³-hybridized carbons (Fsp3) is 0.500. The van der Waals surface area contributed by atoms with Crippen molar-refractivity contribution < 1.29 is 86.4 Å². The van der Waals surface area contributed by atoms with E-state index in [-0.39, 0.29) is 16.8 Å². The monoisotopic (exact) mass is 439 g/mol. The van der Waals surface area contributed by atoms with Gasteiger partial charge in [0.25, 0.3) is 0 Å². The van der Waals surface area contributed by atoms with Crippen LogP contribution in [0, 0.1) is 0 Å². The molecule has 27 heavy (non-hydrogen) atoms. The van der Waals surface area contributed by atoms with Gasteiger partial charge in [0.2, 0.25) is 0 Å². The molecule has 0 aliphatic rings. The molecule has 0 saturated heterocycles. The number of hydrogen-bond acceptors (Lipinski definition) is 12. The number of carboxylic acid groups (broad SMARTS) is 6. The van der Waals surface area contributed by atoms with Crippen molar-refractivity contribution in [2.75, 3.05) is 0 Å². The van der Waals surface area contributed by atoms with Crippen molar-refractivity contribution in [2.45, 2.75) is 36.9 Å². The summed E-state index contributed by atoms with van der Waals surface area (Å²) in [7, 11) is 0. The van der Waals surface area contributed by atoms with Gasteiger partial charge in [0.1, 0.15) is 0 Å². The number of aliphatic carboxylic acids is 6. The summed E-state index contributed by atoms with van der Waals surface area (Å²) in [6.07, 6.45) is -5.18. The van der Waals surface area contributed by atoms with E-state index in [1.165, 1.54) is 0 Å². The molecule has 0 aromatic heterocycles. The summed E-state index contributed by atoms with van der Waals surface area (Å²) in [5, 5.41) is 74.4. The molecule has 0 aliphatic carbocycles. The van der Waals surface area contributed by atoms with Crippen molar-refractivity contribution in [3.8, 4) is 0 Å². The molecule has 157 valence electrons. The second kappa shape index (κ2) is 11.8. The van der Waals surface area contributed by atoms with E-state index in [0.717, 1.165) is 0 Å². The van der Waals surface area contributed by atoms with Crippen LogP contribution in [0.4, 0.5) is 0 Å². The van der Waals surface area contributed by atoms with Crippen LogP contribution in [0.15, 0.2) is 0 Å². The Kier molecular flexibility index (Phi) is 12.7. The molecule has 0 saturated carbocycles. The second-order valence-electron chi connectivity index (χ2n) is 4.87. The van der Waals surface area contributed by atoms with Crippen molar-refractivity contribution in [1.82, 2.24) is 0 Å². The molecule has 4 N–H and O–H groups in total. The summed E-state index contributed by atoms with van der Waals surface area (Å²) in [6, 6.07) is 0. The summed E-state index contributed by atoms with van der Waals surface area (Å²) in [5.41, 5.74) is -5.73. The molecule has 15 heteroatoms. The van der Waals surface area contributed by atoms with Crippen LogP contribution in [0.1, 0.15) is 25.7 Å². The number of carbonyl (C=O) groups excluding carboxylic acids is 4. The van der Waals surface area contributed by atoms with E-state index in [0.29, 0.717) is 0 Å². The summed E-state index contributed by atoms with van der Waals surface area (Å²) in [5.74, 6) is -11.3. The Balaban J connectivity index is -0.000000411. The van der Waals surface area contributed by atoms with Gasteiger partial charge in [0, 0.05) is 66.3 Å². The fourth-order valence-corrected chi connectivity index (χ4v) is 1.38.